The lowest BCUT2D eigenvalue weighted by molar-refractivity contribution is -0.129. The zero-order valence-electron chi connectivity index (χ0n) is 12.6. The van der Waals surface area contributed by atoms with Crippen molar-refractivity contribution < 1.29 is 4.79 Å². The summed E-state index contributed by atoms with van der Waals surface area (Å²) in [6, 6.07) is 4.40. The van der Waals surface area contributed by atoms with E-state index < -0.39 is 5.41 Å². The molecular weight excluding hydrogens is 268 g/mol. The largest absolute Gasteiger partial charge is 0.352 e. The number of nitriles is 1. The Morgan fingerprint density at radius 2 is 2.10 bits per heavy atom. The quantitative estimate of drug-likeness (QED) is 0.790. The number of hydrogen-bond donors (Lipinski definition) is 1. The Kier molecular flexibility index (Phi) is 6.74. The highest BCUT2D eigenvalue weighted by molar-refractivity contribution is 7.07. The summed E-state index contributed by atoms with van der Waals surface area (Å²) in [6.07, 6.45) is 3.78. The standard InChI is InChI=1S/C16H24N2OS/c1-4-7-16(12-17,8-5-2)15(19)18-13(3)10-14-6-9-20-11-14/h6,9,11,13H,4-5,7-8,10H2,1-3H3,(H,18,19). The van der Waals surface area contributed by atoms with E-state index in [-0.39, 0.29) is 11.9 Å². The Bertz CT molecular complexity index is 442. The highest BCUT2D eigenvalue weighted by atomic mass is 32.1. The van der Waals surface area contributed by atoms with Crippen molar-refractivity contribution >= 4 is 17.2 Å². The molecule has 0 bridgehead atoms. The average Bonchev–Trinajstić information content (AvgIpc) is 2.90. The van der Waals surface area contributed by atoms with Gasteiger partial charge in [0.15, 0.2) is 0 Å². The molecule has 4 heteroatoms. The fourth-order valence-electron chi connectivity index (χ4n) is 2.54. The molecule has 1 unspecified atom stereocenters. The number of nitrogens with zero attached hydrogens (tertiary/aromatic N) is 1. The van der Waals surface area contributed by atoms with Crippen LogP contribution in [0.2, 0.25) is 0 Å². The fraction of sp³-hybridized carbons (Fsp3) is 0.625. The number of thiophene rings is 1. The van der Waals surface area contributed by atoms with Crippen LogP contribution in [0.5, 0.6) is 0 Å². The predicted octanol–water partition coefficient (Wildman–Crippen LogP) is 3.91. The van der Waals surface area contributed by atoms with E-state index in [0.717, 1.165) is 19.3 Å². The lowest BCUT2D eigenvalue weighted by Crippen LogP contribution is -2.44. The van der Waals surface area contributed by atoms with Crippen molar-refractivity contribution in [1.82, 2.24) is 5.32 Å². The van der Waals surface area contributed by atoms with Gasteiger partial charge in [0.1, 0.15) is 5.41 Å². The molecule has 1 rings (SSSR count). The number of rotatable bonds is 8. The van der Waals surface area contributed by atoms with E-state index in [1.165, 1.54) is 5.56 Å². The third kappa shape index (κ3) is 4.35. The first-order valence-electron chi connectivity index (χ1n) is 7.31. The van der Waals surface area contributed by atoms with Crippen LogP contribution in [-0.2, 0) is 11.2 Å². The Balaban J connectivity index is 2.68. The maximum absolute atomic E-state index is 12.5. The van der Waals surface area contributed by atoms with Crippen LogP contribution in [0.3, 0.4) is 0 Å². The van der Waals surface area contributed by atoms with Crippen molar-refractivity contribution in [3.05, 3.63) is 22.4 Å². The number of carbonyl (C=O) groups excluding carboxylic acids is 1. The molecule has 1 amide bonds. The second-order valence-corrected chi connectivity index (χ2v) is 6.18. The summed E-state index contributed by atoms with van der Waals surface area (Å²) >= 11 is 1.66. The van der Waals surface area contributed by atoms with E-state index in [9.17, 15) is 10.1 Å². The van der Waals surface area contributed by atoms with Gasteiger partial charge in [0.25, 0.3) is 0 Å². The maximum Gasteiger partial charge on any atom is 0.240 e. The van der Waals surface area contributed by atoms with Crippen molar-refractivity contribution in [2.75, 3.05) is 0 Å². The van der Waals surface area contributed by atoms with E-state index in [1.54, 1.807) is 11.3 Å². The van der Waals surface area contributed by atoms with E-state index in [0.29, 0.717) is 12.8 Å². The normalized spacial score (nSPS) is 12.7. The first-order valence-corrected chi connectivity index (χ1v) is 8.25. The van der Waals surface area contributed by atoms with Crippen LogP contribution in [0.15, 0.2) is 16.8 Å². The Morgan fingerprint density at radius 1 is 1.45 bits per heavy atom. The first kappa shape index (κ1) is 16.7. The van der Waals surface area contributed by atoms with Crippen LogP contribution in [0, 0.1) is 16.7 Å². The lowest BCUT2D eigenvalue weighted by atomic mass is 9.79. The molecule has 1 heterocycles. The molecule has 0 radical (unpaired) electrons. The van der Waals surface area contributed by atoms with Gasteiger partial charge in [-0.25, -0.2) is 0 Å². The van der Waals surface area contributed by atoms with Gasteiger partial charge in [-0.2, -0.15) is 16.6 Å². The second kappa shape index (κ2) is 8.06. The number of nitrogens with one attached hydrogen (secondary N) is 1. The summed E-state index contributed by atoms with van der Waals surface area (Å²) in [6.45, 7) is 6.03. The number of hydrogen-bond acceptors (Lipinski definition) is 3. The number of carbonyl (C=O) groups is 1. The van der Waals surface area contributed by atoms with Gasteiger partial charge in [-0.05, 0) is 48.6 Å². The van der Waals surface area contributed by atoms with Crippen LogP contribution < -0.4 is 5.32 Å². The SMILES string of the molecule is CCCC(C#N)(CCC)C(=O)NC(C)Cc1ccsc1. The van der Waals surface area contributed by atoms with Gasteiger partial charge in [0, 0.05) is 6.04 Å². The summed E-state index contributed by atoms with van der Waals surface area (Å²) in [7, 11) is 0. The Hall–Kier alpha value is -1.34. The van der Waals surface area contributed by atoms with Crippen LogP contribution >= 0.6 is 11.3 Å². The van der Waals surface area contributed by atoms with Crippen LogP contribution in [0.4, 0.5) is 0 Å². The molecule has 1 atom stereocenters. The topological polar surface area (TPSA) is 52.9 Å². The Morgan fingerprint density at radius 3 is 2.55 bits per heavy atom. The third-order valence-corrected chi connectivity index (χ3v) is 4.23. The van der Waals surface area contributed by atoms with Crippen LogP contribution in [0.1, 0.15) is 52.0 Å². The van der Waals surface area contributed by atoms with E-state index in [1.807, 2.05) is 26.2 Å². The first-order chi connectivity index (χ1) is 9.57. The highest BCUT2D eigenvalue weighted by Crippen LogP contribution is 2.29. The summed E-state index contributed by atoms with van der Waals surface area (Å²) < 4.78 is 0. The summed E-state index contributed by atoms with van der Waals surface area (Å²) in [5.41, 5.74) is 0.378. The van der Waals surface area contributed by atoms with Crippen LogP contribution in [-0.4, -0.2) is 11.9 Å². The van der Waals surface area contributed by atoms with Crippen molar-refractivity contribution in [3.63, 3.8) is 0 Å². The molecule has 1 N–H and O–H groups in total. The minimum absolute atomic E-state index is 0.0542. The minimum atomic E-state index is -0.855. The summed E-state index contributed by atoms with van der Waals surface area (Å²) in [5.74, 6) is -0.105. The van der Waals surface area contributed by atoms with Gasteiger partial charge in [-0.1, -0.05) is 26.7 Å². The van der Waals surface area contributed by atoms with Gasteiger partial charge < -0.3 is 5.32 Å². The van der Waals surface area contributed by atoms with Crippen molar-refractivity contribution in [2.45, 2.75) is 58.9 Å². The summed E-state index contributed by atoms with van der Waals surface area (Å²) in [5, 5.41) is 16.6. The third-order valence-electron chi connectivity index (χ3n) is 3.50. The minimum Gasteiger partial charge on any atom is -0.352 e. The van der Waals surface area contributed by atoms with Gasteiger partial charge >= 0.3 is 0 Å². The highest BCUT2D eigenvalue weighted by Gasteiger charge is 2.37. The van der Waals surface area contributed by atoms with E-state index in [4.69, 9.17) is 0 Å². The van der Waals surface area contributed by atoms with Crippen molar-refractivity contribution in [1.29, 1.82) is 5.26 Å². The molecule has 0 fully saturated rings. The molecule has 20 heavy (non-hydrogen) atoms. The lowest BCUT2D eigenvalue weighted by Gasteiger charge is -2.26. The molecule has 0 aromatic carbocycles. The predicted molar refractivity (Wildman–Crippen MR) is 83.5 cm³/mol. The molecule has 1 aromatic rings. The van der Waals surface area contributed by atoms with Gasteiger partial charge in [-0.15, -0.1) is 0 Å². The smallest absolute Gasteiger partial charge is 0.240 e. The Labute approximate surface area is 126 Å². The molecule has 3 nitrogen and oxygen atoms in total. The van der Waals surface area contributed by atoms with Gasteiger partial charge in [-0.3, -0.25) is 4.79 Å². The van der Waals surface area contributed by atoms with Crippen LogP contribution in [0.25, 0.3) is 0 Å². The monoisotopic (exact) mass is 292 g/mol. The summed E-state index contributed by atoms with van der Waals surface area (Å²) in [4.78, 5) is 12.5. The van der Waals surface area contributed by atoms with E-state index in [2.05, 4.69) is 22.8 Å². The molecule has 0 aliphatic carbocycles. The molecule has 0 aliphatic rings. The molecule has 110 valence electrons. The van der Waals surface area contributed by atoms with Crippen molar-refractivity contribution in [3.8, 4) is 6.07 Å². The second-order valence-electron chi connectivity index (χ2n) is 5.40. The molecule has 1 aromatic heterocycles. The average molecular weight is 292 g/mol. The molecule has 0 saturated heterocycles. The van der Waals surface area contributed by atoms with Gasteiger partial charge in [0.05, 0.1) is 6.07 Å². The zero-order valence-corrected chi connectivity index (χ0v) is 13.4. The fourth-order valence-corrected chi connectivity index (χ4v) is 3.23. The number of amides is 1. The molecule has 0 saturated carbocycles. The van der Waals surface area contributed by atoms with E-state index >= 15 is 0 Å². The van der Waals surface area contributed by atoms with Crippen molar-refractivity contribution in [2.24, 2.45) is 5.41 Å². The molecular formula is C16H24N2OS. The molecule has 0 spiro atoms. The molecule has 0 aliphatic heterocycles. The zero-order chi connectivity index (χ0) is 15.0. The van der Waals surface area contributed by atoms with Gasteiger partial charge in [0.2, 0.25) is 5.91 Å². The maximum atomic E-state index is 12.5.